The summed E-state index contributed by atoms with van der Waals surface area (Å²) in [5.41, 5.74) is 9.06. The van der Waals surface area contributed by atoms with Crippen LogP contribution >= 0.6 is 0 Å². The molecule has 4 rings (SSSR count). The van der Waals surface area contributed by atoms with Crippen LogP contribution in [-0.4, -0.2) is 42.7 Å². The number of benzene rings is 2. The number of nitrogens with two attached hydrogens (primary N) is 1. The Morgan fingerprint density at radius 2 is 1.96 bits per heavy atom. The molecule has 28 heavy (non-hydrogen) atoms. The average molecular weight is 381 g/mol. The zero-order valence-electron chi connectivity index (χ0n) is 16.5. The summed E-state index contributed by atoms with van der Waals surface area (Å²) in [5, 5.41) is 0.649. The Morgan fingerprint density at radius 1 is 1.21 bits per heavy atom. The summed E-state index contributed by atoms with van der Waals surface area (Å²) in [4.78, 5) is 5.69. The molecule has 148 valence electrons. The van der Waals surface area contributed by atoms with Gasteiger partial charge in [0, 0.05) is 29.1 Å². The lowest BCUT2D eigenvalue weighted by atomic mass is 9.88. The van der Waals surface area contributed by atoms with Gasteiger partial charge in [-0.3, -0.25) is 4.90 Å². The fraction of sp³-hybridized carbons (Fsp3) is 0.391. The summed E-state index contributed by atoms with van der Waals surface area (Å²) in [7, 11) is 1.61. The van der Waals surface area contributed by atoms with E-state index in [0.717, 1.165) is 37.0 Å². The molecule has 0 aliphatic carbocycles. The van der Waals surface area contributed by atoms with Crippen LogP contribution in [0.15, 0.2) is 42.5 Å². The molecule has 0 saturated carbocycles. The summed E-state index contributed by atoms with van der Waals surface area (Å²) < 4.78 is 20.7. The number of nitrogens with zero attached hydrogens (tertiary/aromatic N) is 1. The first kappa shape index (κ1) is 19.0. The predicted octanol–water partition coefficient (Wildman–Crippen LogP) is 4.51. The fourth-order valence-corrected chi connectivity index (χ4v) is 4.29. The first-order valence-electron chi connectivity index (χ1n) is 10.0. The van der Waals surface area contributed by atoms with Crippen molar-refractivity contribution in [1.82, 2.24) is 9.88 Å². The van der Waals surface area contributed by atoms with Gasteiger partial charge >= 0.3 is 0 Å². The number of halogens is 1. The van der Waals surface area contributed by atoms with Gasteiger partial charge in [-0.1, -0.05) is 18.2 Å². The number of hydrogen-bond donors (Lipinski definition) is 2. The number of aromatic nitrogens is 1. The first-order valence-corrected chi connectivity index (χ1v) is 10.0. The third kappa shape index (κ3) is 3.40. The van der Waals surface area contributed by atoms with Gasteiger partial charge in [-0.05, 0) is 68.6 Å². The van der Waals surface area contributed by atoms with Gasteiger partial charge < -0.3 is 15.5 Å². The van der Waals surface area contributed by atoms with E-state index in [1.54, 1.807) is 7.11 Å². The van der Waals surface area contributed by atoms with E-state index in [0.29, 0.717) is 35.3 Å². The number of likely N-dealkylation sites (tertiary alicyclic amines) is 1. The molecule has 1 saturated heterocycles. The Kier molecular flexibility index (Phi) is 5.38. The maximum absolute atomic E-state index is 15.3. The molecular weight excluding hydrogens is 353 g/mol. The van der Waals surface area contributed by atoms with E-state index in [9.17, 15) is 0 Å². The molecule has 0 radical (unpaired) electrons. The monoisotopic (exact) mass is 381 g/mol. The van der Waals surface area contributed by atoms with Crippen LogP contribution in [0.4, 0.5) is 4.39 Å². The predicted molar refractivity (Wildman–Crippen MR) is 112 cm³/mol. The smallest absolute Gasteiger partial charge is 0.156 e. The summed E-state index contributed by atoms with van der Waals surface area (Å²) in [5.74, 6) is 0.916. The summed E-state index contributed by atoms with van der Waals surface area (Å²) in [6.45, 7) is 4.96. The molecule has 1 atom stereocenters. The lowest BCUT2D eigenvalue weighted by Gasteiger charge is -2.35. The highest BCUT2D eigenvalue weighted by atomic mass is 19.1. The summed E-state index contributed by atoms with van der Waals surface area (Å²) in [6, 6.07) is 14.1. The molecular formula is C23H28FN3O. The van der Waals surface area contributed by atoms with Crippen molar-refractivity contribution in [3.8, 4) is 17.0 Å². The van der Waals surface area contributed by atoms with E-state index in [1.165, 1.54) is 5.56 Å². The number of H-pyrrole nitrogens is 1. The molecule has 2 heterocycles. The van der Waals surface area contributed by atoms with Crippen molar-refractivity contribution < 1.29 is 9.13 Å². The van der Waals surface area contributed by atoms with Crippen LogP contribution < -0.4 is 10.5 Å². The van der Waals surface area contributed by atoms with E-state index in [1.807, 2.05) is 36.4 Å². The molecule has 1 fully saturated rings. The topological polar surface area (TPSA) is 54.3 Å². The molecule has 2 aromatic carbocycles. The SMILES string of the molecule is COc1ccccc1-c1[nH]c2ccc(C3CCN(C(C)CN)CC3)cc2c1F. The standard InChI is InChI=1S/C23H28FN3O/c1-15(14-25)27-11-9-16(10-12-27)17-7-8-20-19(13-17)22(24)23(26-20)18-5-3-4-6-21(18)28-2/h3-8,13,15-16,26H,9-12,14,25H2,1-2H3. The van der Waals surface area contributed by atoms with E-state index in [2.05, 4.69) is 22.9 Å². The second-order valence-electron chi connectivity index (χ2n) is 7.71. The molecule has 0 spiro atoms. The Balaban J connectivity index is 1.63. The number of fused-ring (bicyclic) bond motifs is 1. The Labute approximate surface area is 165 Å². The number of nitrogens with one attached hydrogen (secondary N) is 1. The minimum Gasteiger partial charge on any atom is -0.496 e. The third-order valence-corrected chi connectivity index (χ3v) is 6.10. The Morgan fingerprint density at radius 3 is 2.68 bits per heavy atom. The van der Waals surface area contributed by atoms with Crippen molar-refractivity contribution in [3.05, 3.63) is 53.8 Å². The van der Waals surface area contributed by atoms with Crippen molar-refractivity contribution in [1.29, 1.82) is 0 Å². The third-order valence-electron chi connectivity index (χ3n) is 6.10. The number of ether oxygens (including phenoxy) is 1. The first-order chi connectivity index (χ1) is 13.6. The van der Waals surface area contributed by atoms with Gasteiger partial charge in [0.05, 0.1) is 12.8 Å². The second kappa shape index (κ2) is 7.94. The zero-order chi connectivity index (χ0) is 19.7. The minimum absolute atomic E-state index is 0.212. The van der Waals surface area contributed by atoms with Crippen molar-refractivity contribution in [3.63, 3.8) is 0 Å². The molecule has 4 nitrogen and oxygen atoms in total. The fourth-order valence-electron chi connectivity index (χ4n) is 4.29. The van der Waals surface area contributed by atoms with Crippen LogP contribution in [0, 0.1) is 5.82 Å². The van der Waals surface area contributed by atoms with Crippen molar-refractivity contribution >= 4 is 10.9 Å². The number of rotatable bonds is 5. The number of hydrogen-bond acceptors (Lipinski definition) is 3. The molecule has 1 unspecified atom stereocenters. The Hall–Kier alpha value is -2.37. The van der Waals surface area contributed by atoms with Crippen molar-refractivity contribution in [2.45, 2.75) is 31.7 Å². The average Bonchev–Trinajstić information content (AvgIpc) is 3.09. The van der Waals surface area contributed by atoms with Gasteiger partial charge in [0.1, 0.15) is 5.75 Å². The maximum atomic E-state index is 15.3. The number of aromatic amines is 1. The van der Waals surface area contributed by atoms with E-state index < -0.39 is 0 Å². The largest absolute Gasteiger partial charge is 0.496 e. The quantitative estimate of drug-likeness (QED) is 0.684. The highest BCUT2D eigenvalue weighted by Gasteiger charge is 2.24. The molecule has 0 bridgehead atoms. The molecule has 3 aromatic rings. The van der Waals surface area contributed by atoms with Crippen LogP contribution in [0.5, 0.6) is 5.75 Å². The minimum atomic E-state index is -0.212. The Bertz CT molecular complexity index is 960. The zero-order valence-corrected chi connectivity index (χ0v) is 16.5. The second-order valence-corrected chi connectivity index (χ2v) is 7.71. The van der Waals surface area contributed by atoms with Gasteiger partial charge in [0.2, 0.25) is 0 Å². The highest BCUT2D eigenvalue weighted by Crippen LogP contribution is 2.37. The van der Waals surface area contributed by atoms with Gasteiger partial charge in [0.15, 0.2) is 5.82 Å². The van der Waals surface area contributed by atoms with E-state index in [-0.39, 0.29) is 5.82 Å². The number of piperidine rings is 1. The molecule has 1 aliphatic heterocycles. The van der Waals surface area contributed by atoms with Crippen LogP contribution in [0.25, 0.3) is 22.2 Å². The van der Waals surface area contributed by atoms with Gasteiger partial charge in [0.25, 0.3) is 0 Å². The van der Waals surface area contributed by atoms with Crippen molar-refractivity contribution in [2.75, 3.05) is 26.7 Å². The lowest BCUT2D eigenvalue weighted by molar-refractivity contribution is 0.165. The van der Waals surface area contributed by atoms with Gasteiger partial charge in [-0.15, -0.1) is 0 Å². The van der Waals surface area contributed by atoms with E-state index in [4.69, 9.17) is 10.5 Å². The molecule has 0 amide bonds. The van der Waals surface area contributed by atoms with Crippen LogP contribution in [0.2, 0.25) is 0 Å². The normalized spacial score (nSPS) is 17.1. The lowest BCUT2D eigenvalue weighted by Crippen LogP contribution is -2.43. The number of para-hydroxylation sites is 1. The highest BCUT2D eigenvalue weighted by molar-refractivity contribution is 5.88. The van der Waals surface area contributed by atoms with Gasteiger partial charge in [-0.2, -0.15) is 0 Å². The molecule has 3 N–H and O–H groups in total. The molecule has 1 aromatic heterocycles. The van der Waals surface area contributed by atoms with Crippen molar-refractivity contribution in [2.24, 2.45) is 5.73 Å². The maximum Gasteiger partial charge on any atom is 0.156 e. The molecule has 1 aliphatic rings. The molecule has 5 heteroatoms. The van der Waals surface area contributed by atoms with Gasteiger partial charge in [-0.25, -0.2) is 4.39 Å². The van der Waals surface area contributed by atoms with E-state index >= 15 is 4.39 Å². The van der Waals surface area contributed by atoms with Crippen LogP contribution in [0.1, 0.15) is 31.2 Å². The van der Waals surface area contributed by atoms with Crippen LogP contribution in [-0.2, 0) is 0 Å². The summed E-state index contributed by atoms with van der Waals surface area (Å²) in [6.07, 6.45) is 2.17. The van der Waals surface area contributed by atoms with Crippen LogP contribution in [0.3, 0.4) is 0 Å². The summed E-state index contributed by atoms with van der Waals surface area (Å²) >= 11 is 0. The number of methoxy groups -OCH3 is 1.